The summed E-state index contributed by atoms with van der Waals surface area (Å²) in [6.45, 7) is 3.88. The number of hydrogen-bond donors (Lipinski definition) is 4. The van der Waals surface area contributed by atoms with E-state index >= 15 is 0 Å². The molecule has 0 spiro atoms. The van der Waals surface area contributed by atoms with Gasteiger partial charge >= 0.3 is 0 Å². The van der Waals surface area contributed by atoms with Crippen LogP contribution in [0.2, 0.25) is 0 Å². The molecule has 4 radical (unpaired) electrons. The zero-order chi connectivity index (χ0) is 26.6. The second-order valence-electron chi connectivity index (χ2n) is 9.69. The summed E-state index contributed by atoms with van der Waals surface area (Å²) >= 11 is 0. The molecular formula is C25H36B2F3N5O2. The maximum Gasteiger partial charge on any atom is 0.254 e. The van der Waals surface area contributed by atoms with Crippen molar-refractivity contribution in [1.82, 2.24) is 4.90 Å². The van der Waals surface area contributed by atoms with Crippen LogP contribution in [0.25, 0.3) is 5.70 Å². The van der Waals surface area contributed by atoms with Crippen LogP contribution < -0.4 is 22.9 Å². The predicted octanol–water partition coefficient (Wildman–Crippen LogP) is 2.03. The van der Waals surface area contributed by atoms with Gasteiger partial charge in [0.1, 0.15) is 11.4 Å². The highest BCUT2D eigenvalue weighted by Gasteiger charge is 2.43. The molecule has 1 aliphatic carbocycles. The maximum atomic E-state index is 13.6. The lowest BCUT2D eigenvalue weighted by Gasteiger charge is -2.45. The molecule has 1 saturated carbocycles. The molecule has 8 N–H and O–H groups in total. The van der Waals surface area contributed by atoms with E-state index < -0.39 is 39.8 Å². The summed E-state index contributed by atoms with van der Waals surface area (Å²) in [5.74, 6) is -3.94. The molecule has 4 rings (SSSR count). The topological polar surface area (TPSA) is 134 Å². The van der Waals surface area contributed by atoms with Crippen molar-refractivity contribution in [3.63, 3.8) is 0 Å². The SMILES string of the molecule is C.NC(=O)c1c(F)cc(/C(N)=C/C=C(N)N)c(F)c1F.[B]C([B])(C1CCOCC1)N1CC2CCCC2C1. The fourth-order valence-electron chi connectivity index (χ4n) is 5.28. The van der Waals surface area contributed by atoms with Crippen LogP contribution in [0.1, 0.15) is 55.5 Å². The van der Waals surface area contributed by atoms with E-state index in [1.165, 1.54) is 19.3 Å². The second kappa shape index (κ2) is 12.8. The van der Waals surface area contributed by atoms with Gasteiger partial charge in [-0.3, -0.25) is 4.79 Å². The number of benzene rings is 1. The highest BCUT2D eigenvalue weighted by molar-refractivity contribution is 6.40. The number of nitrogens with two attached hydrogens (primary N) is 4. The summed E-state index contributed by atoms with van der Waals surface area (Å²) in [5, 5.41) is -0.603. The van der Waals surface area contributed by atoms with E-state index in [0.717, 1.165) is 63.1 Å². The van der Waals surface area contributed by atoms with Crippen molar-refractivity contribution in [3.8, 4) is 0 Å². The minimum Gasteiger partial charge on any atom is -0.398 e. The van der Waals surface area contributed by atoms with Crippen LogP contribution in [-0.4, -0.2) is 58.1 Å². The average Bonchev–Trinajstić information content (AvgIpc) is 3.44. The molecule has 37 heavy (non-hydrogen) atoms. The number of rotatable bonds is 5. The monoisotopic (exact) mass is 517 g/mol. The summed E-state index contributed by atoms with van der Waals surface area (Å²) in [6, 6.07) is 0.560. The molecule has 0 aromatic heterocycles. The number of halogens is 3. The second-order valence-corrected chi connectivity index (χ2v) is 9.69. The van der Waals surface area contributed by atoms with E-state index in [1.54, 1.807) is 0 Å². The minimum atomic E-state index is -1.71. The van der Waals surface area contributed by atoms with Gasteiger partial charge in [0.15, 0.2) is 11.6 Å². The lowest BCUT2D eigenvalue weighted by Crippen LogP contribution is -2.55. The molecule has 2 heterocycles. The van der Waals surface area contributed by atoms with Gasteiger partial charge in [-0.2, -0.15) is 0 Å². The number of likely N-dealkylation sites (tertiary alicyclic amines) is 1. The van der Waals surface area contributed by atoms with Crippen molar-refractivity contribution in [2.24, 2.45) is 40.7 Å². The van der Waals surface area contributed by atoms with Crippen LogP contribution in [0, 0.1) is 35.2 Å². The van der Waals surface area contributed by atoms with E-state index in [-0.39, 0.29) is 18.9 Å². The average molecular weight is 517 g/mol. The summed E-state index contributed by atoms with van der Waals surface area (Å²) < 4.78 is 45.9. The molecule has 2 saturated heterocycles. The first kappa shape index (κ1) is 30.6. The number of amides is 1. The predicted molar refractivity (Wildman–Crippen MR) is 140 cm³/mol. The zero-order valence-corrected chi connectivity index (χ0v) is 20.2. The molecule has 2 atom stereocenters. The number of fused-ring (bicyclic) bond motifs is 1. The third-order valence-electron chi connectivity index (χ3n) is 7.32. The normalized spacial score (nSPS) is 22.4. The zero-order valence-electron chi connectivity index (χ0n) is 20.2. The van der Waals surface area contributed by atoms with E-state index in [2.05, 4.69) is 4.90 Å². The third kappa shape index (κ3) is 7.04. The van der Waals surface area contributed by atoms with Gasteiger partial charge in [-0.25, -0.2) is 13.2 Å². The van der Waals surface area contributed by atoms with Gasteiger partial charge in [0.2, 0.25) is 0 Å². The number of primary amides is 1. The molecule has 3 aliphatic rings. The molecule has 2 aliphatic heterocycles. The van der Waals surface area contributed by atoms with Crippen molar-refractivity contribution >= 4 is 27.3 Å². The first-order valence-electron chi connectivity index (χ1n) is 12.0. The van der Waals surface area contributed by atoms with E-state index in [4.69, 9.17) is 43.4 Å². The lowest BCUT2D eigenvalue weighted by atomic mass is 9.52. The Bertz CT molecular complexity index is 1020. The Morgan fingerprint density at radius 2 is 1.54 bits per heavy atom. The molecule has 0 bridgehead atoms. The molecule has 3 fully saturated rings. The number of hydrogen-bond acceptors (Lipinski definition) is 6. The lowest BCUT2D eigenvalue weighted by molar-refractivity contribution is 0.0375. The summed E-state index contributed by atoms with van der Waals surface area (Å²) in [6.07, 6.45) is 8.37. The van der Waals surface area contributed by atoms with Gasteiger partial charge in [0.05, 0.1) is 21.5 Å². The fraction of sp³-hybridized carbons (Fsp3) is 0.560. The molecule has 1 aromatic carbocycles. The van der Waals surface area contributed by atoms with Gasteiger partial charge < -0.3 is 32.6 Å². The smallest absolute Gasteiger partial charge is 0.254 e. The molecule has 12 heteroatoms. The third-order valence-corrected chi connectivity index (χ3v) is 7.32. The Morgan fingerprint density at radius 1 is 0.973 bits per heavy atom. The fourth-order valence-corrected chi connectivity index (χ4v) is 5.28. The Kier molecular flexibility index (Phi) is 10.6. The quantitative estimate of drug-likeness (QED) is 0.269. The van der Waals surface area contributed by atoms with Crippen LogP contribution in [0.4, 0.5) is 13.2 Å². The highest BCUT2D eigenvalue weighted by Crippen LogP contribution is 2.41. The number of nitrogens with zero attached hydrogens (tertiary/aromatic N) is 1. The molecule has 1 aromatic rings. The Labute approximate surface area is 219 Å². The Hall–Kier alpha value is -2.59. The van der Waals surface area contributed by atoms with Crippen LogP contribution in [0.15, 0.2) is 24.0 Å². The highest BCUT2D eigenvalue weighted by atomic mass is 19.2. The summed E-state index contributed by atoms with van der Waals surface area (Å²) in [4.78, 5) is 13.1. The van der Waals surface area contributed by atoms with Gasteiger partial charge in [-0.05, 0) is 61.7 Å². The molecule has 200 valence electrons. The van der Waals surface area contributed by atoms with Crippen LogP contribution in [-0.2, 0) is 4.74 Å². The first-order chi connectivity index (χ1) is 16.9. The number of allylic oxidation sites excluding steroid dienone is 2. The maximum absolute atomic E-state index is 13.6. The van der Waals surface area contributed by atoms with Crippen molar-refractivity contribution in [3.05, 3.63) is 52.6 Å². The number of carbonyl (C=O) groups is 1. The van der Waals surface area contributed by atoms with Crippen molar-refractivity contribution in [2.45, 2.75) is 44.9 Å². The van der Waals surface area contributed by atoms with E-state index in [9.17, 15) is 18.0 Å². The molecule has 2 unspecified atom stereocenters. The Balaban J connectivity index is 0.000000254. The number of ether oxygens (including phenoxy) is 1. The van der Waals surface area contributed by atoms with Gasteiger partial charge in [0, 0.05) is 37.6 Å². The van der Waals surface area contributed by atoms with Gasteiger partial charge in [-0.1, -0.05) is 19.2 Å². The number of carbonyl (C=O) groups excluding carboxylic acids is 1. The standard InChI is InChI=1S/C13H21B2NO.C11H11F3N4O.CH4/c14-13(15,12-4-6-17-7-5-12)16-8-10-2-1-3-11(10)9-16;12-5-3-4(6(15)1-2-7(16)17)9(13)10(14)8(5)11(18)19;/h10-12H,1-9H2;1-3H,15-17H2,(H2,18,19);1H4/b;6-1-;. The minimum absolute atomic E-state index is 0. The molecule has 1 amide bonds. The summed E-state index contributed by atoms with van der Waals surface area (Å²) in [7, 11) is 12.9. The van der Waals surface area contributed by atoms with Gasteiger partial charge in [0.25, 0.3) is 5.91 Å². The van der Waals surface area contributed by atoms with Crippen LogP contribution >= 0.6 is 0 Å². The Morgan fingerprint density at radius 3 is 2.05 bits per heavy atom. The van der Waals surface area contributed by atoms with Gasteiger partial charge in [-0.15, -0.1) is 0 Å². The largest absolute Gasteiger partial charge is 0.398 e. The summed E-state index contributed by atoms with van der Waals surface area (Å²) in [5.41, 5.74) is 18.3. The molecule has 7 nitrogen and oxygen atoms in total. The van der Waals surface area contributed by atoms with Crippen molar-refractivity contribution < 1.29 is 22.7 Å². The van der Waals surface area contributed by atoms with Crippen molar-refractivity contribution in [2.75, 3.05) is 26.3 Å². The first-order valence-corrected chi connectivity index (χ1v) is 12.0. The van der Waals surface area contributed by atoms with Crippen LogP contribution in [0.5, 0.6) is 0 Å². The van der Waals surface area contributed by atoms with Crippen LogP contribution in [0.3, 0.4) is 0 Å². The molecular weight excluding hydrogens is 481 g/mol. The van der Waals surface area contributed by atoms with E-state index in [0.29, 0.717) is 12.0 Å². The van der Waals surface area contributed by atoms with Crippen molar-refractivity contribution in [1.29, 1.82) is 0 Å². The van der Waals surface area contributed by atoms with E-state index in [1.807, 2.05) is 0 Å².